The second-order valence-corrected chi connectivity index (χ2v) is 10.6. The molecule has 0 amide bonds. The van der Waals surface area contributed by atoms with Crippen molar-refractivity contribution in [1.82, 2.24) is 9.88 Å². The molecule has 1 fully saturated rings. The Morgan fingerprint density at radius 3 is 2.36 bits per heavy atom. The minimum absolute atomic E-state index is 0.00549. The van der Waals surface area contributed by atoms with Crippen molar-refractivity contribution in [3.8, 4) is 16.9 Å². The van der Waals surface area contributed by atoms with E-state index in [1.807, 2.05) is 30.3 Å². The lowest BCUT2D eigenvalue weighted by atomic mass is 9.96. The molecule has 1 saturated heterocycles. The van der Waals surface area contributed by atoms with Gasteiger partial charge in [0.15, 0.2) is 11.8 Å². The average Bonchev–Trinajstić information content (AvgIpc) is 3.31. The summed E-state index contributed by atoms with van der Waals surface area (Å²) in [6.45, 7) is 2.06. The van der Waals surface area contributed by atoms with Crippen LogP contribution in [0.25, 0.3) is 21.3 Å². The topological polar surface area (TPSA) is 82.3 Å². The lowest BCUT2D eigenvalue weighted by molar-refractivity contribution is -0.274. The molecule has 3 aromatic carbocycles. The molecule has 4 aromatic rings. The molecule has 39 heavy (non-hydrogen) atoms. The molecule has 2 heterocycles. The summed E-state index contributed by atoms with van der Waals surface area (Å²) in [5.74, 6) is -0.208. The van der Waals surface area contributed by atoms with Crippen molar-refractivity contribution in [3.63, 3.8) is 0 Å². The van der Waals surface area contributed by atoms with Gasteiger partial charge in [0.1, 0.15) is 10.8 Å². The van der Waals surface area contributed by atoms with Gasteiger partial charge in [0.2, 0.25) is 0 Å². The van der Waals surface area contributed by atoms with E-state index in [1.54, 1.807) is 12.1 Å². The van der Waals surface area contributed by atoms with E-state index in [0.29, 0.717) is 19.4 Å². The highest BCUT2D eigenvalue weighted by atomic mass is 32.1. The number of rotatable bonds is 7. The number of hydrogen-bond donors (Lipinski definition) is 2. The van der Waals surface area contributed by atoms with Crippen molar-refractivity contribution in [1.29, 1.82) is 10.8 Å². The van der Waals surface area contributed by atoms with E-state index in [2.05, 4.69) is 32.8 Å². The number of benzene rings is 3. The number of nitrogens with zero attached hydrogens (tertiary/aromatic N) is 2. The number of hydrogen-bond acceptors (Lipinski definition) is 7. The van der Waals surface area contributed by atoms with Gasteiger partial charge < -0.3 is 9.47 Å². The van der Waals surface area contributed by atoms with Crippen LogP contribution in [0.15, 0.2) is 72.8 Å². The number of likely N-dealkylation sites (tertiary alicyclic amines) is 1. The van der Waals surface area contributed by atoms with Crippen molar-refractivity contribution in [2.45, 2.75) is 32.2 Å². The molecule has 1 aliphatic heterocycles. The summed E-state index contributed by atoms with van der Waals surface area (Å²) in [6, 6.07) is 22.2. The Bertz CT molecular complexity index is 1450. The smallest absolute Gasteiger partial charge is 0.429 e. The van der Waals surface area contributed by atoms with Gasteiger partial charge in [-0.15, -0.1) is 24.5 Å². The number of aromatic nitrogens is 1. The van der Waals surface area contributed by atoms with Crippen LogP contribution in [0, 0.1) is 16.7 Å². The Labute approximate surface area is 228 Å². The normalized spacial score (nSPS) is 14.8. The Hall–Kier alpha value is -3.76. The molecule has 0 radical (unpaired) electrons. The zero-order valence-corrected chi connectivity index (χ0v) is 21.8. The molecule has 1 aliphatic rings. The minimum Gasteiger partial charge on any atom is -0.429 e. The number of halogens is 3. The van der Waals surface area contributed by atoms with Gasteiger partial charge >= 0.3 is 6.36 Å². The van der Waals surface area contributed by atoms with Crippen LogP contribution in [0.1, 0.15) is 23.4 Å². The first-order valence-electron chi connectivity index (χ1n) is 12.6. The summed E-state index contributed by atoms with van der Waals surface area (Å²) < 4.78 is 47.6. The largest absolute Gasteiger partial charge is 0.573 e. The van der Waals surface area contributed by atoms with E-state index in [0.717, 1.165) is 45.0 Å². The SMILES string of the molecule is N=C(Cc1nc2ccc(-c3ccccc3)cc2s1)OC(=N)C1CCN(Cc2ccc(OC(F)(F)F)cc2)CC1. The van der Waals surface area contributed by atoms with Gasteiger partial charge in [-0.25, -0.2) is 4.98 Å². The van der Waals surface area contributed by atoms with Crippen molar-refractivity contribution in [2.24, 2.45) is 5.92 Å². The molecule has 0 unspecified atom stereocenters. The highest BCUT2D eigenvalue weighted by Crippen LogP contribution is 2.29. The maximum atomic E-state index is 12.3. The zero-order chi connectivity index (χ0) is 27.4. The molecule has 0 atom stereocenters. The number of nitrogens with one attached hydrogen (secondary N) is 2. The Morgan fingerprint density at radius 2 is 1.67 bits per heavy atom. The Kier molecular flexibility index (Phi) is 7.94. The molecule has 1 aromatic heterocycles. The van der Waals surface area contributed by atoms with E-state index in [9.17, 15) is 13.2 Å². The standard InChI is InChI=1S/C29H27F3N4O2S/c30-29(31,32)38-23-9-6-19(7-10-23)18-36-14-12-21(13-15-36)28(34)37-26(33)17-27-35-24-11-8-22(16-25(24)39-27)20-4-2-1-3-5-20/h1-11,16,21,33-34H,12-15,17-18H2. The van der Waals surface area contributed by atoms with E-state index < -0.39 is 6.36 Å². The fraction of sp³-hybridized carbons (Fsp3) is 0.276. The molecule has 202 valence electrons. The molecule has 0 bridgehead atoms. The highest BCUT2D eigenvalue weighted by molar-refractivity contribution is 7.18. The first kappa shape index (κ1) is 26.8. The van der Waals surface area contributed by atoms with E-state index >= 15 is 0 Å². The van der Waals surface area contributed by atoms with Crippen LogP contribution in [0.4, 0.5) is 13.2 Å². The van der Waals surface area contributed by atoms with Crippen LogP contribution >= 0.6 is 11.3 Å². The second kappa shape index (κ2) is 11.5. The highest BCUT2D eigenvalue weighted by Gasteiger charge is 2.31. The van der Waals surface area contributed by atoms with Crippen molar-refractivity contribution >= 4 is 33.3 Å². The molecule has 0 aliphatic carbocycles. The monoisotopic (exact) mass is 552 g/mol. The first-order valence-corrected chi connectivity index (χ1v) is 13.4. The van der Waals surface area contributed by atoms with Crippen molar-refractivity contribution in [3.05, 3.63) is 83.4 Å². The zero-order valence-electron chi connectivity index (χ0n) is 21.0. The summed E-state index contributed by atoms with van der Waals surface area (Å²) in [5.41, 5.74) is 4.03. The molecule has 6 nitrogen and oxygen atoms in total. The number of alkyl halides is 3. The van der Waals surface area contributed by atoms with Gasteiger partial charge in [0.25, 0.3) is 0 Å². The quantitative estimate of drug-likeness (QED) is 0.186. The fourth-order valence-corrected chi connectivity index (χ4v) is 5.66. The second-order valence-electron chi connectivity index (χ2n) is 9.46. The van der Waals surface area contributed by atoms with E-state index in [-0.39, 0.29) is 29.9 Å². The average molecular weight is 553 g/mol. The summed E-state index contributed by atoms with van der Waals surface area (Å²) in [6.07, 6.45) is -3.04. The fourth-order valence-electron chi connectivity index (χ4n) is 4.66. The van der Waals surface area contributed by atoms with Crippen molar-refractivity contribution in [2.75, 3.05) is 13.1 Å². The number of ether oxygens (including phenoxy) is 2. The molecular weight excluding hydrogens is 525 g/mol. The molecule has 5 rings (SSSR count). The lowest BCUT2D eigenvalue weighted by Crippen LogP contribution is -2.36. The van der Waals surface area contributed by atoms with Gasteiger partial charge in [-0.1, -0.05) is 48.5 Å². The molecule has 10 heteroatoms. The summed E-state index contributed by atoms with van der Waals surface area (Å²) in [5, 5.41) is 17.5. The van der Waals surface area contributed by atoms with Gasteiger partial charge in [-0.05, 0) is 66.9 Å². The third-order valence-corrected chi connectivity index (χ3v) is 7.62. The summed E-state index contributed by atoms with van der Waals surface area (Å²) in [4.78, 5) is 6.83. The van der Waals surface area contributed by atoms with Gasteiger partial charge in [-0.2, -0.15) is 0 Å². The molecular formula is C29H27F3N4O2S. The third kappa shape index (κ3) is 7.21. The lowest BCUT2D eigenvalue weighted by Gasteiger charge is -2.31. The van der Waals surface area contributed by atoms with Crippen LogP contribution in [-0.2, 0) is 17.7 Å². The van der Waals surface area contributed by atoms with Crippen LogP contribution in [-0.4, -0.2) is 41.1 Å². The van der Waals surface area contributed by atoms with Crippen LogP contribution in [0.3, 0.4) is 0 Å². The predicted molar refractivity (Wildman–Crippen MR) is 146 cm³/mol. The van der Waals surface area contributed by atoms with Crippen LogP contribution in [0.5, 0.6) is 5.75 Å². The Balaban J connectivity index is 1.09. The minimum atomic E-state index is -4.70. The van der Waals surface area contributed by atoms with E-state index in [1.165, 1.54) is 23.5 Å². The van der Waals surface area contributed by atoms with Gasteiger partial charge in [0.05, 0.1) is 16.6 Å². The maximum absolute atomic E-state index is 12.3. The van der Waals surface area contributed by atoms with Gasteiger partial charge in [0, 0.05) is 12.5 Å². The third-order valence-electron chi connectivity index (χ3n) is 6.61. The first-order chi connectivity index (χ1) is 18.7. The van der Waals surface area contributed by atoms with Crippen molar-refractivity contribution < 1.29 is 22.6 Å². The molecule has 2 N–H and O–H groups in total. The Morgan fingerprint density at radius 1 is 0.949 bits per heavy atom. The van der Waals surface area contributed by atoms with Crippen LogP contribution in [0.2, 0.25) is 0 Å². The number of thiazole rings is 1. The molecule has 0 spiro atoms. The summed E-state index contributed by atoms with van der Waals surface area (Å²) in [7, 11) is 0. The summed E-state index contributed by atoms with van der Waals surface area (Å²) >= 11 is 1.53. The van der Waals surface area contributed by atoms with E-state index in [4.69, 9.17) is 15.6 Å². The molecule has 0 saturated carbocycles. The predicted octanol–water partition coefficient (Wildman–Crippen LogP) is 7.29. The maximum Gasteiger partial charge on any atom is 0.573 e. The number of piperidine rings is 1. The number of fused-ring (bicyclic) bond motifs is 1. The van der Waals surface area contributed by atoms with Gasteiger partial charge in [-0.3, -0.25) is 15.7 Å². The van der Waals surface area contributed by atoms with Crippen LogP contribution < -0.4 is 4.74 Å².